The molecular weight excluding hydrogens is 352 g/mol. The summed E-state index contributed by atoms with van der Waals surface area (Å²) in [4.78, 5) is 15.8. The van der Waals surface area contributed by atoms with E-state index in [9.17, 15) is 0 Å². The van der Waals surface area contributed by atoms with Gasteiger partial charge in [-0.05, 0) is 40.1 Å². The Morgan fingerprint density at radius 2 is 1.67 bits per heavy atom. The first-order chi connectivity index (χ1) is 12.5. The Hall–Kier alpha value is -1.88. The van der Waals surface area contributed by atoms with Gasteiger partial charge in [-0.1, -0.05) is 48.5 Å². The molecule has 3 heterocycles. The molecule has 0 saturated heterocycles. The summed E-state index contributed by atoms with van der Waals surface area (Å²) < 4.78 is 0. The number of hydrogen-bond acceptors (Lipinski definition) is 3. The number of hydrogen-bond donors (Lipinski definition) is 2. The van der Waals surface area contributed by atoms with Crippen molar-refractivity contribution >= 4 is 11.3 Å². The van der Waals surface area contributed by atoms with E-state index in [-0.39, 0.29) is 16.2 Å². The van der Waals surface area contributed by atoms with Gasteiger partial charge in [-0.25, -0.2) is 9.97 Å². The number of imidazole rings is 2. The summed E-state index contributed by atoms with van der Waals surface area (Å²) in [5.74, 6) is 1.06. The van der Waals surface area contributed by atoms with Crippen LogP contribution in [-0.4, -0.2) is 19.9 Å². The second-order valence-corrected chi connectivity index (χ2v) is 10.6. The minimum Gasteiger partial charge on any atom is -0.351 e. The SMILES string of the molecule is CC(C)(C)c1cscc1CC(C)(C)c1ncc(CC(C)(C)c2c[nH]cn2)[nH]1. The predicted molar refractivity (Wildman–Crippen MR) is 114 cm³/mol. The fraction of sp³-hybridized carbons (Fsp3) is 0.545. The van der Waals surface area contributed by atoms with Gasteiger partial charge < -0.3 is 9.97 Å². The smallest absolute Gasteiger partial charge is 0.112 e. The van der Waals surface area contributed by atoms with Crippen molar-refractivity contribution in [2.24, 2.45) is 0 Å². The van der Waals surface area contributed by atoms with Gasteiger partial charge in [0.2, 0.25) is 0 Å². The maximum absolute atomic E-state index is 4.75. The minimum absolute atomic E-state index is 0.0410. The van der Waals surface area contributed by atoms with Gasteiger partial charge in [0.25, 0.3) is 0 Å². The number of H-pyrrole nitrogens is 2. The molecule has 0 aliphatic carbocycles. The maximum Gasteiger partial charge on any atom is 0.112 e. The molecule has 2 N–H and O–H groups in total. The Balaban J connectivity index is 1.78. The minimum atomic E-state index is -0.0458. The van der Waals surface area contributed by atoms with Gasteiger partial charge >= 0.3 is 0 Å². The van der Waals surface area contributed by atoms with Crippen molar-refractivity contribution in [3.8, 4) is 0 Å². The third-order valence-corrected chi connectivity index (χ3v) is 6.07. The van der Waals surface area contributed by atoms with E-state index in [4.69, 9.17) is 4.98 Å². The van der Waals surface area contributed by atoms with E-state index in [1.165, 1.54) is 11.1 Å². The van der Waals surface area contributed by atoms with Gasteiger partial charge in [-0.3, -0.25) is 0 Å². The van der Waals surface area contributed by atoms with Gasteiger partial charge in [0.1, 0.15) is 5.82 Å². The number of nitrogens with one attached hydrogen (secondary N) is 2. The highest BCUT2D eigenvalue weighted by Crippen LogP contribution is 2.34. The first-order valence-corrected chi connectivity index (χ1v) is 10.5. The van der Waals surface area contributed by atoms with Crippen LogP contribution in [0.2, 0.25) is 0 Å². The third-order valence-electron chi connectivity index (χ3n) is 5.28. The van der Waals surface area contributed by atoms with E-state index in [0.717, 1.165) is 30.1 Å². The van der Waals surface area contributed by atoms with Crippen LogP contribution in [-0.2, 0) is 29.1 Å². The van der Waals surface area contributed by atoms with Crippen LogP contribution in [0, 0.1) is 0 Å². The Bertz CT molecular complexity index is 876. The Morgan fingerprint density at radius 1 is 0.926 bits per heavy atom. The average molecular weight is 385 g/mol. The molecule has 0 spiro atoms. The molecule has 27 heavy (non-hydrogen) atoms. The van der Waals surface area contributed by atoms with Crippen molar-refractivity contribution < 1.29 is 0 Å². The number of thiophene rings is 1. The van der Waals surface area contributed by atoms with E-state index in [2.05, 4.69) is 74.2 Å². The van der Waals surface area contributed by atoms with Crippen LogP contribution in [0.5, 0.6) is 0 Å². The number of aromatic nitrogens is 4. The summed E-state index contributed by atoms with van der Waals surface area (Å²) in [7, 11) is 0. The lowest BCUT2D eigenvalue weighted by atomic mass is 9.79. The quantitative estimate of drug-likeness (QED) is 0.587. The van der Waals surface area contributed by atoms with Gasteiger partial charge in [0.05, 0.1) is 12.0 Å². The molecular formula is C22H32N4S. The van der Waals surface area contributed by atoms with E-state index in [1.807, 2.05) is 12.4 Å². The topological polar surface area (TPSA) is 57.4 Å². The highest BCUT2D eigenvalue weighted by Gasteiger charge is 2.30. The first kappa shape index (κ1) is 19.9. The lowest BCUT2D eigenvalue weighted by Crippen LogP contribution is -2.25. The van der Waals surface area contributed by atoms with E-state index in [0.29, 0.717) is 0 Å². The Kier molecular flexibility index (Phi) is 5.10. The van der Waals surface area contributed by atoms with Crippen LogP contribution < -0.4 is 0 Å². The fourth-order valence-corrected chi connectivity index (χ4v) is 4.75. The molecule has 0 unspecified atom stereocenters. The molecule has 0 bridgehead atoms. The van der Waals surface area contributed by atoms with Gasteiger partial charge in [-0.15, -0.1) is 0 Å². The largest absolute Gasteiger partial charge is 0.351 e. The first-order valence-electron chi connectivity index (χ1n) is 9.58. The van der Waals surface area contributed by atoms with Crippen molar-refractivity contribution in [2.75, 3.05) is 0 Å². The normalized spacial score (nSPS) is 13.3. The molecule has 0 saturated carbocycles. The molecule has 0 aliphatic rings. The summed E-state index contributed by atoms with van der Waals surface area (Å²) >= 11 is 1.80. The van der Waals surface area contributed by atoms with Crippen LogP contribution in [0.1, 0.15) is 76.8 Å². The maximum atomic E-state index is 4.75. The van der Waals surface area contributed by atoms with E-state index in [1.54, 1.807) is 17.7 Å². The lowest BCUT2D eigenvalue weighted by molar-refractivity contribution is 0.476. The standard InChI is InChI=1S/C22H32N4S/c1-20(2,3)17-13-27-12-15(17)8-22(6,7)19-24-10-16(26-19)9-21(4,5)18-11-23-14-25-18/h10-14H,8-9H2,1-7H3,(H,23,25)(H,24,26). The van der Waals surface area contributed by atoms with Crippen LogP contribution >= 0.6 is 11.3 Å². The summed E-state index contributed by atoms with van der Waals surface area (Å²) in [6, 6.07) is 0. The monoisotopic (exact) mass is 384 g/mol. The molecule has 5 heteroatoms. The molecule has 4 nitrogen and oxygen atoms in total. The molecule has 3 aromatic rings. The zero-order valence-corrected chi connectivity index (χ0v) is 18.4. The molecule has 146 valence electrons. The third kappa shape index (κ3) is 4.34. The number of nitrogens with zero attached hydrogens (tertiary/aromatic N) is 2. The summed E-state index contributed by atoms with van der Waals surface area (Å²) in [6.45, 7) is 15.8. The number of aromatic amines is 2. The molecule has 0 radical (unpaired) electrons. The summed E-state index contributed by atoms with van der Waals surface area (Å²) in [6.07, 6.45) is 7.58. The summed E-state index contributed by atoms with van der Waals surface area (Å²) in [5, 5.41) is 4.60. The van der Waals surface area contributed by atoms with Crippen LogP contribution in [0.25, 0.3) is 0 Å². The molecule has 0 aromatic carbocycles. The predicted octanol–water partition coefficient (Wildman–Crippen LogP) is 5.53. The molecule has 3 rings (SSSR count). The fourth-order valence-electron chi connectivity index (χ4n) is 3.67. The zero-order chi connectivity index (χ0) is 19.9. The second-order valence-electron chi connectivity index (χ2n) is 9.89. The van der Waals surface area contributed by atoms with Crippen molar-refractivity contribution in [3.63, 3.8) is 0 Å². The molecule has 0 amide bonds. The van der Waals surface area contributed by atoms with E-state index >= 15 is 0 Å². The summed E-state index contributed by atoms with van der Waals surface area (Å²) in [5.41, 5.74) is 5.21. The van der Waals surface area contributed by atoms with Crippen molar-refractivity contribution in [1.29, 1.82) is 0 Å². The van der Waals surface area contributed by atoms with E-state index < -0.39 is 0 Å². The average Bonchev–Trinajstić information content (AvgIpc) is 3.27. The number of rotatable bonds is 6. The molecule has 0 fully saturated rings. The molecule has 3 aromatic heterocycles. The highest BCUT2D eigenvalue weighted by molar-refractivity contribution is 7.08. The highest BCUT2D eigenvalue weighted by atomic mass is 32.1. The van der Waals surface area contributed by atoms with Gasteiger partial charge in [-0.2, -0.15) is 11.3 Å². The Labute approximate surface area is 166 Å². The van der Waals surface area contributed by atoms with Crippen molar-refractivity contribution in [2.45, 2.75) is 77.6 Å². The van der Waals surface area contributed by atoms with Crippen LogP contribution in [0.3, 0.4) is 0 Å². The zero-order valence-electron chi connectivity index (χ0n) is 17.6. The molecule has 0 aliphatic heterocycles. The lowest BCUT2D eigenvalue weighted by Gasteiger charge is -2.26. The Morgan fingerprint density at radius 3 is 2.30 bits per heavy atom. The van der Waals surface area contributed by atoms with Crippen molar-refractivity contribution in [1.82, 2.24) is 19.9 Å². The van der Waals surface area contributed by atoms with Crippen LogP contribution in [0.15, 0.2) is 29.5 Å². The van der Waals surface area contributed by atoms with Crippen LogP contribution in [0.4, 0.5) is 0 Å². The molecule has 0 atom stereocenters. The van der Waals surface area contributed by atoms with Gasteiger partial charge in [0.15, 0.2) is 0 Å². The van der Waals surface area contributed by atoms with Gasteiger partial charge in [0, 0.05) is 28.9 Å². The second kappa shape index (κ2) is 6.93. The van der Waals surface area contributed by atoms with Crippen molar-refractivity contribution in [3.05, 3.63) is 57.8 Å².